The Labute approximate surface area is 125 Å². The van der Waals surface area contributed by atoms with E-state index >= 15 is 0 Å². The molecule has 0 saturated heterocycles. The molecule has 0 radical (unpaired) electrons. The van der Waals surface area contributed by atoms with Gasteiger partial charge >= 0.3 is 5.97 Å². The maximum Gasteiger partial charge on any atom is 0.314 e. The van der Waals surface area contributed by atoms with E-state index in [0.29, 0.717) is 5.56 Å². The monoisotopic (exact) mass is 289 g/mol. The van der Waals surface area contributed by atoms with E-state index in [-0.39, 0.29) is 17.9 Å². The summed E-state index contributed by atoms with van der Waals surface area (Å²) in [6.07, 6.45) is 3.97. The first kappa shape index (κ1) is 15.5. The van der Waals surface area contributed by atoms with Gasteiger partial charge in [-0.25, -0.2) is 0 Å². The lowest BCUT2D eigenvalue weighted by Crippen LogP contribution is -2.54. The smallest absolute Gasteiger partial charge is 0.314 e. The zero-order chi connectivity index (χ0) is 15.5. The van der Waals surface area contributed by atoms with Crippen LogP contribution in [0.1, 0.15) is 51.5 Å². The largest absolute Gasteiger partial charge is 0.481 e. The van der Waals surface area contributed by atoms with Crippen LogP contribution >= 0.6 is 0 Å². The van der Waals surface area contributed by atoms with Crippen LogP contribution in [0, 0.1) is 0 Å². The van der Waals surface area contributed by atoms with Gasteiger partial charge in [-0.1, -0.05) is 37.3 Å². The number of carbonyl (C=O) groups excluding carboxylic acids is 1. The van der Waals surface area contributed by atoms with Crippen molar-refractivity contribution in [2.45, 2.75) is 56.9 Å². The number of benzene rings is 1. The lowest BCUT2D eigenvalue weighted by molar-refractivity contribution is -0.146. The first-order valence-corrected chi connectivity index (χ1v) is 7.52. The van der Waals surface area contributed by atoms with E-state index in [0.717, 1.165) is 25.7 Å². The van der Waals surface area contributed by atoms with Crippen LogP contribution in [0.3, 0.4) is 0 Å². The van der Waals surface area contributed by atoms with Crippen molar-refractivity contribution in [1.29, 1.82) is 0 Å². The summed E-state index contributed by atoms with van der Waals surface area (Å²) in [7, 11) is 0. The van der Waals surface area contributed by atoms with Crippen LogP contribution in [-0.4, -0.2) is 22.5 Å². The molecule has 2 rings (SSSR count). The molecule has 1 aromatic carbocycles. The van der Waals surface area contributed by atoms with Crippen molar-refractivity contribution in [3.05, 3.63) is 35.9 Å². The van der Waals surface area contributed by atoms with Gasteiger partial charge in [0.25, 0.3) is 0 Å². The molecule has 1 aliphatic carbocycles. The molecule has 1 amide bonds. The van der Waals surface area contributed by atoms with Gasteiger partial charge in [0, 0.05) is 12.0 Å². The number of nitrogens with one attached hydrogen (secondary N) is 1. The third-order valence-corrected chi connectivity index (χ3v) is 4.79. The van der Waals surface area contributed by atoms with Gasteiger partial charge < -0.3 is 10.4 Å². The number of rotatable bonds is 6. The summed E-state index contributed by atoms with van der Waals surface area (Å²) in [6, 6.07) is 8.97. The van der Waals surface area contributed by atoms with Gasteiger partial charge in [-0.2, -0.15) is 0 Å². The second-order valence-electron chi connectivity index (χ2n) is 6.22. The number of carboxylic acid groups (broad SMARTS) is 1. The Morgan fingerprint density at radius 1 is 1.29 bits per heavy atom. The highest BCUT2D eigenvalue weighted by Crippen LogP contribution is 2.35. The van der Waals surface area contributed by atoms with Crippen molar-refractivity contribution in [1.82, 2.24) is 5.32 Å². The van der Waals surface area contributed by atoms with Crippen molar-refractivity contribution in [3.8, 4) is 0 Å². The van der Waals surface area contributed by atoms with Crippen LogP contribution in [0.2, 0.25) is 0 Å². The van der Waals surface area contributed by atoms with E-state index in [1.807, 2.05) is 6.07 Å². The highest BCUT2D eigenvalue weighted by Gasteiger charge is 2.41. The minimum Gasteiger partial charge on any atom is -0.481 e. The van der Waals surface area contributed by atoms with Gasteiger partial charge in [-0.05, 0) is 38.2 Å². The van der Waals surface area contributed by atoms with Crippen molar-refractivity contribution < 1.29 is 14.7 Å². The van der Waals surface area contributed by atoms with Crippen LogP contribution in [0.4, 0.5) is 0 Å². The fraction of sp³-hybridized carbons (Fsp3) is 0.529. The van der Waals surface area contributed by atoms with Gasteiger partial charge in [0.15, 0.2) is 0 Å². The molecular formula is C17H23NO3. The molecule has 4 nitrogen and oxygen atoms in total. The lowest BCUT2D eigenvalue weighted by atomic mass is 9.74. The molecule has 0 heterocycles. The number of carbonyl (C=O) groups is 2. The standard InChI is InChI=1S/C17H23NO3/c1-3-17(10-7-11-17)18-14(19)12-16(2,15(20)21)13-8-5-4-6-9-13/h4-6,8-9H,3,7,10-12H2,1-2H3,(H,18,19)(H,20,21). The normalized spacial score (nSPS) is 19.1. The molecule has 0 spiro atoms. The molecule has 0 bridgehead atoms. The molecule has 1 fully saturated rings. The number of hydrogen-bond acceptors (Lipinski definition) is 2. The lowest BCUT2D eigenvalue weighted by Gasteiger charge is -2.42. The van der Waals surface area contributed by atoms with Crippen LogP contribution in [-0.2, 0) is 15.0 Å². The van der Waals surface area contributed by atoms with E-state index in [1.165, 1.54) is 0 Å². The van der Waals surface area contributed by atoms with Crippen LogP contribution < -0.4 is 5.32 Å². The van der Waals surface area contributed by atoms with Crippen molar-refractivity contribution in [2.75, 3.05) is 0 Å². The summed E-state index contributed by atoms with van der Waals surface area (Å²) in [5, 5.41) is 12.6. The SMILES string of the molecule is CCC1(NC(=O)CC(C)(C(=O)O)c2ccccc2)CCC1. The molecule has 0 aliphatic heterocycles. The Morgan fingerprint density at radius 3 is 2.33 bits per heavy atom. The second-order valence-corrected chi connectivity index (χ2v) is 6.22. The molecule has 21 heavy (non-hydrogen) atoms. The molecule has 1 unspecified atom stereocenters. The second kappa shape index (κ2) is 5.88. The third kappa shape index (κ3) is 3.09. The Balaban J connectivity index is 2.13. The predicted molar refractivity (Wildman–Crippen MR) is 81.1 cm³/mol. The van der Waals surface area contributed by atoms with Crippen molar-refractivity contribution >= 4 is 11.9 Å². The Morgan fingerprint density at radius 2 is 1.90 bits per heavy atom. The number of aliphatic carboxylic acids is 1. The molecule has 2 N–H and O–H groups in total. The minimum absolute atomic E-state index is 0.0336. The molecule has 1 aromatic rings. The first-order valence-electron chi connectivity index (χ1n) is 7.52. The summed E-state index contributed by atoms with van der Waals surface area (Å²) < 4.78 is 0. The molecule has 1 aliphatic rings. The fourth-order valence-corrected chi connectivity index (χ4v) is 2.94. The molecule has 114 valence electrons. The number of hydrogen-bond donors (Lipinski definition) is 2. The fourth-order valence-electron chi connectivity index (χ4n) is 2.94. The van der Waals surface area contributed by atoms with Gasteiger partial charge in [-0.3, -0.25) is 9.59 Å². The molecule has 1 atom stereocenters. The molecule has 1 saturated carbocycles. The first-order chi connectivity index (χ1) is 9.92. The summed E-state index contributed by atoms with van der Waals surface area (Å²) in [5.41, 5.74) is -0.635. The van der Waals surface area contributed by atoms with E-state index in [4.69, 9.17) is 0 Å². The third-order valence-electron chi connectivity index (χ3n) is 4.79. The topological polar surface area (TPSA) is 66.4 Å². The van der Waals surface area contributed by atoms with Crippen LogP contribution in [0.15, 0.2) is 30.3 Å². The Hall–Kier alpha value is -1.84. The van der Waals surface area contributed by atoms with Gasteiger partial charge in [0.1, 0.15) is 0 Å². The van der Waals surface area contributed by atoms with E-state index in [9.17, 15) is 14.7 Å². The maximum absolute atomic E-state index is 12.3. The summed E-state index contributed by atoms with van der Waals surface area (Å²) in [5.74, 6) is -1.15. The average Bonchev–Trinajstić information content (AvgIpc) is 2.43. The van der Waals surface area contributed by atoms with E-state index < -0.39 is 11.4 Å². The molecular weight excluding hydrogens is 266 g/mol. The minimum atomic E-state index is -1.19. The Bertz CT molecular complexity index is 517. The van der Waals surface area contributed by atoms with Crippen molar-refractivity contribution in [2.24, 2.45) is 0 Å². The molecule has 0 aromatic heterocycles. The van der Waals surface area contributed by atoms with Crippen LogP contribution in [0.25, 0.3) is 0 Å². The average molecular weight is 289 g/mol. The number of carboxylic acids is 1. The highest BCUT2D eigenvalue weighted by molar-refractivity contribution is 5.89. The van der Waals surface area contributed by atoms with Crippen LogP contribution in [0.5, 0.6) is 0 Å². The van der Waals surface area contributed by atoms with Gasteiger partial charge in [-0.15, -0.1) is 0 Å². The van der Waals surface area contributed by atoms with Gasteiger partial charge in [0.05, 0.1) is 5.41 Å². The van der Waals surface area contributed by atoms with Gasteiger partial charge in [0.2, 0.25) is 5.91 Å². The molecule has 4 heteroatoms. The van der Waals surface area contributed by atoms with E-state index in [1.54, 1.807) is 31.2 Å². The predicted octanol–water partition coefficient (Wildman–Crippen LogP) is 2.87. The maximum atomic E-state index is 12.3. The quantitative estimate of drug-likeness (QED) is 0.846. The zero-order valence-electron chi connectivity index (χ0n) is 12.7. The highest BCUT2D eigenvalue weighted by atomic mass is 16.4. The number of amides is 1. The Kier molecular flexibility index (Phi) is 4.35. The van der Waals surface area contributed by atoms with Crippen molar-refractivity contribution in [3.63, 3.8) is 0 Å². The zero-order valence-corrected chi connectivity index (χ0v) is 12.7. The van der Waals surface area contributed by atoms with E-state index in [2.05, 4.69) is 12.2 Å². The summed E-state index contributed by atoms with van der Waals surface area (Å²) in [4.78, 5) is 24.0. The summed E-state index contributed by atoms with van der Waals surface area (Å²) >= 11 is 0. The summed E-state index contributed by atoms with van der Waals surface area (Å²) in [6.45, 7) is 3.68.